The van der Waals surface area contributed by atoms with Crippen LogP contribution in [0, 0.1) is 5.92 Å². The Morgan fingerprint density at radius 1 is 1.42 bits per heavy atom. The van der Waals surface area contributed by atoms with Gasteiger partial charge in [-0.05, 0) is 13.8 Å². The van der Waals surface area contributed by atoms with Gasteiger partial charge in [-0.2, -0.15) is 9.97 Å². The van der Waals surface area contributed by atoms with Crippen LogP contribution in [0.5, 0.6) is 5.88 Å². The molecule has 1 fully saturated rings. The molecule has 0 bridgehead atoms. The summed E-state index contributed by atoms with van der Waals surface area (Å²) in [5.41, 5.74) is 5.72. The van der Waals surface area contributed by atoms with Crippen LogP contribution in [-0.2, 0) is 10.0 Å². The lowest BCUT2D eigenvalue weighted by atomic mass is 10.1. The van der Waals surface area contributed by atoms with Crippen molar-refractivity contribution >= 4 is 21.8 Å². The highest BCUT2D eigenvalue weighted by Crippen LogP contribution is 2.27. The molecule has 0 radical (unpaired) electrons. The predicted octanol–water partition coefficient (Wildman–Crippen LogP) is -0.465. The number of aliphatic hydroxyl groups excluding tert-OH is 1. The minimum absolute atomic E-state index is 0.0608. The molecule has 3 N–H and O–H groups in total. The zero-order valence-corrected chi connectivity index (χ0v) is 15.2. The van der Waals surface area contributed by atoms with E-state index in [0.29, 0.717) is 18.2 Å². The number of aliphatic hydroxyl groups is 1. The molecule has 0 amide bonds. The van der Waals surface area contributed by atoms with E-state index in [-0.39, 0.29) is 24.3 Å². The molecule has 2 atom stereocenters. The highest BCUT2D eigenvalue weighted by molar-refractivity contribution is 7.89. The van der Waals surface area contributed by atoms with Crippen molar-refractivity contribution < 1.29 is 18.3 Å². The predicted molar refractivity (Wildman–Crippen MR) is 91.4 cm³/mol. The van der Waals surface area contributed by atoms with E-state index in [0.717, 1.165) is 0 Å². The van der Waals surface area contributed by atoms with E-state index in [1.54, 1.807) is 11.0 Å². The number of nitrogens with zero attached hydrogens (tertiary/aromatic N) is 4. The van der Waals surface area contributed by atoms with Gasteiger partial charge in [0.1, 0.15) is 5.82 Å². The average Bonchev–Trinajstić information content (AvgIpc) is 2.78. The van der Waals surface area contributed by atoms with Crippen LogP contribution < -0.4 is 15.4 Å². The quantitative estimate of drug-likeness (QED) is 0.699. The van der Waals surface area contributed by atoms with Crippen LogP contribution in [0.4, 0.5) is 11.8 Å². The van der Waals surface area contributed by atoms with Gasteiger partial charge in [-0.3, -0.25) is 0 Å². The number of aromatic nitrogens is 2. The number of ether oxygens (including phenoxy) is 1. The van der Waals surface area contributed by atoms with Crippen LogP contribution in [0.2, 0.25) is 0 Å². The fourth-order valence-electron chi connectivity index (χ4n) is 2.52. The van der Waals surface area contributed by atoms with Gasteiger partial charge in [-0.1, -0.05) is 0 Å². The number of nitrogens with two attached hydrogens (primary N) is 1. The highest BCUT2D eigenvalue weighted by atomic mass is 32.2. The first-order chi connectivity index (χ1) is 11.1. The molecular weight excluding hydrogens is 334 g/mol. The molecule has 1 aliphatic rings. The number of hydrogen-bond acceptors (Lipinski definition) is 8. The minimum atomic E-state index is -3.39. The molecule has 9 nitrogen and oxygen atoms in total. The first-order valence-electron chi connectivity index (χ1n) is 7.73. The maximum absolute atomic E-state index is 12.0. The summed E-state index contributed by atoms with van der Waals surface area (Å²) in [7, 11) is -0.425. The summed E-state index contributed by atoms with van der Waals surface area (Å²) in [5.74, 6) is 0.423. The Balaban J connectivity index is 2.16. The fraction of sp³-hybridized carbons (Fsp3) is 0.714. The monoisotopic (exact) mass is 359 g/mol. The second-order valence-corrected chi connectivity index (χ2v) is 8.61. The van der Waals surface area contributed by atoms with Crippen LogP contribution in [0.25, 0.3) is 0 Å². The van der Waals surface area contributed by atoms with Crippen molar-refractivity contribution in [2.24, 2.45) is 5.92 Å². The van der Waals surface area contributed by atoms with Crippen LogP contribution in [-0.4, -0.2) is 72.9 Å². The van der Waals surface area contributed by atoms with Gasteiger partial charge in [0, 0.05) is 39.2 Å². The summed E-state index contributed by atoms with van der Waals surface area (Å²) in [6.07, 6.45) is -0.820. The third-order valence-electron chi connectivity index (χ3n) is 3.77. The van der Waals surface area contributed by atoms with Crippen molar-refractivity contribution in [3.8, 4) is 5.88 Å². The maximum Gasteiger partial charge on any atom is 0.225 e. The van der Waals surface area contributed by atoms with Gasteiger partial charge in [0.25, 0.3) is 0 Å². The summed E-state index contributed by atoms with van der Waals surface area (Å²) in [6.45, 7) is 4.40. The molecule has 24 heavy (non-hydrogen) atoms. The average molecular weight is 359 g/mol. The number of β-amino-alcohol motifs (C(OH)–C–C–N with tert-alkyl or cyclic N) is 1. The maximum atomic E-state index is 12.0. The Labute approximate surface area is 142 Å². The zero-order valence-electron chi connectivity index (χ0n) is 14.4. The molecule has 1 saturated heterocycles. The van der Waals surface area contributed by atoms with Gasteiger partial charge in [0.05, 0.1) is 18.0 Å². The number of anilines is 2. The number of hydrogen-bond donors (Lipinski definition) is 2. The largest absolute Gasteiger partial charge is 0.475 e. The van der Waals surface area contributed by atoms with Crippen molar-refractivity contribution in [1.29, 1.82) is 0 Å². The van der Waals surface area contributed by atoms with Gasteiger partial charge < -0.3 is 20.5 Å². The molecule has 1 aromatic heterocycles. The van der Waals surface area contributed by atoms with Crippen LogP contribution >= 0.6 is 0 Å². The molecule has 10 heteroatoms. The minimum Gasteiger partial charge on any atom is -0.475 e. The normalized spacial score (nSPS) is 21.7. The van der Waals surface area contributed by atoms with Crippen molar-refractivity contribution in [3.63, 3.8) is 0 Å². The third-order valence-corrected chi connectivity index (χ3v) is 5.74. The van der Waals surface area contributed by atoms with Crippen molar-refractivity contribution in [1.82, 2.24) is 14.3 Å². The molecule has 1 aliphatic heterocycles. The fourth-order valence-corrected chi connectivity index (χ4v) is 3.69. The Hall–Kier alpha value is -1.65. The SMILES string of the molecule is CC(C)Oc1cc(N2C[C@@H](CS(=O)(=O)N(C)C)[C@@H](O)C2)nc(N)n1. The lowest BCUT2D eigenvalue weighted by Crippen LogP contribution is -2.33. The van der Waals surface area contributed by atoms with Gasteiger partial charge in [-0.25, -0.2) is 12.7 Å². The van der Waals surface area contributed by atoms with E-state index in [9.17, 15) is 13.5 Å². The smallest absolute Gasteiger partial charge is 0.225 e. The topological polar surface area (TPSA) is 122 Å². The van der Waals surface area contributed by atoms with Crippen LogP contribution in [0.1, 0.15) is 13.8 Å². The van der Waals surface area contributed by atoms with E-state index in [2.05, 4.69) is 9.97 Å². The molecule has 0 aliphatic carbocycles. The van der Waals surface area contributed by atoms with Crippen molar-refractivity contribution in [3.05, 3.63) is 6.07 Å². The number of sulfonamides is 1. The summed E-state index contributed by atoms with van der Waals surface area (Å²) < 4.78 is 30.8. The Morgan fingerprint density at radius 3 is 2.67 bits per heavy atom. The number of rotatable bonds is 6. The second kappa shape index (κ2) is 7.08. The van der Waals surface area contributed by atoms with Crippen LogP contribution in [0.15, 0.2) is 6.07 Å². The Kier molecular flexibility index (Phi) is 5.51. The molecule has 0 saturated carbocycles. The molecule has 0 spiro atoms. The highest BCUT2D eigenvalue weighted by Gasteiger charge is 2.36. The summed E-state index contributed by atoms with van der Waals surface area (Å²) >= 11 is 0. The first kappa shape index (κ1) is 18.7. The molecule has 2 heterocycles. The third kappa shape index (κ3) is 4.46. The summed E-state index contributed by atoms with van der Waals surface area (Å²) in [5, 5.41) is 10.2. The lowest BCUT2D eigenvalue weighted by Gasteiger charge is -2.19. The van der Waals surface area contributed by atoms with E-state index in [4.69, 9.17) is 10.5 Å². The van der Waals surface area contributed by atoms with Gasteiger partial charge >= 0.3 is 0 Å². The molecule has 136 valence electrons. The lowest BCUT2D eigenvalue weighted by molar-refractivity contribution is 0.157. The molecule has 1 aromatic rings. The molecule has 0 unspecified atom stereocenters. The van der Waals surface area contributed by atoms with Crippen LogP contribution in [0.3, 0.4) is 0 Å². The van der Waals surface area contributed by atoms with E-state index < -0.39 is 22.0 Å². The van der Waals surface area contributed by atoms with Crippen molar-refractivity contribution in [2.75, 3.05) is 43.6 Å². The Bertz CT molecular complexity index is 680. The summed E-state index contributed by atoms with van der Waals surface area (Å²) in [6, 6.07) is 1.64. The molecule has 0 aromatic carbocycles. The van der Waals surface area contributed by atoms with Gasteiger partial charge in [0.15, 0.2) is 0 Å². The second-order valence-electron chi connectivity index (χ2n) is 6.38. The van der Waals surface area contributed by atoms with Crippen molar-refractivity contribution in [2.45, 2.75) is 26.1 Å². The summed E-state index contributed by atoms with van der Waals surface area (Å²) in [4.78, 5) is 9.98. The van der Waals surface area contributed by atoms with Gasteiger partial charge in [-0.15, -0.1) is 0 Å². The van der Waals surface area contributed by atoms with Gasteiger partial charge in [0.2, 0.25) is 21.9 Å². The molecule has 2 rings (SSSR count). The van der Waals surface area contributed by atoms with E-state index >= 15 is 0 Å². The molecular formula is C14H25N5O4S. The standard InChI is InChI=1S/C14H25N5O4S/c1-9(2)23-13-5-12(16-14(15)17-13)19-6-10(11(20)7-19)8-24(21,22)18(3)4/h5,9-11,20H,6-8H2,1-4H3,(H2,15,16,17)/t10-,11-/m0/s1. The zero-order chi connectivity index (χ0) is 18.1. The first-order valence-corrected chi connectivity index (χ1v) is 9.34. The van der Waals surface area contributed by atoms with E-state index in [1.165, 1.54) is 18.4 Å². The Morgan fingerprint density at radius 2 is 2.08 bits per heavy atom. The number of nitrogen functional groups attached to an aromatic ring is 1. The van der Waals surface area contributed by atoms with E-state index in [1.807, 2.05) is 13.8 Å².